The van der Waals surface area contributed by atoms with Crippen molar-refractivity contribution in [1.29, 1.82) is 0 Å². The van der Waals surface area contributed by atoms with Gasteiger partial charge in [0.25, 0.3) is 5.91 Å². The lowest BCUT2D eigenvalue weighted by Crippen LogP contribution is -2.48. The summed E-state index contributed by atoms with van der Waals surface area (Å²) >= 11 is 5.00. The van der Waals surface area contributed by atoms with E-state index in [1.165, 1.54) is 0 Å². The van der Waals surface area contributed by atoms with Gasteiger partial charge in [0, 0.05) is 4.88 Å². The summed E-state index contributed by atoms with van der Waals surface area (Å²) in [5.41, 5.74) is 0. The Morgan fingerprint density at radius 3 is 2.62 bits per heavy atom. The van der Waals surface area contributed by atoms with Crippen molar-refractivity contribution in [2.45, 2.75) is 25.7 Å². The van der Waals surface area contributed by atoms with Gasteiger partial charge in [-0.3, -0.25) is 4.79 Å². The quantitative estimate of drug-likeness (QED) is 0.904. The van der Waals surface area contributed by atoms with Gasteiger partial charge in [-0.05, 0) is 47.1 Å². The number of thiophene rings is 1. The van der Waals surface area contributed by atoms with Crippen molar-refractivity contribution in [3.63, 3.8) is 0 Å². The third-order valence-electron chi connectivity index (χ3n) is 3.17. The Balaban J connectivity index is 1.65. The van der Waals surface area contributed by atoms with E-state index in [1.54, 1.807) is 17.4 Å². The third-order valence-corrected chi connectivity index (χ3v) is 4.79. The van der Waals surface area contributed by atoms with E-state index < -0.39 is 6.10 Å². The average Bonchev–Trinajstić information content (AvgIpc) is 2.89. The Hall–Kier alpha value is -1.53. The van der Waals surface area contributed by atoms with Crippen molar-refractivity contribution in [2.75, 3.05) is 0 Å². The van der Waals surface area contributed by atoms with Crippen LogP contribution in [0.15, 0.2) is 40.2 Å². The highest BCUT2D eigenvalue weighted by Gasteiger charge is 2.33. The average molecular weight is 368 g/mol. The molecule has 1 amide bonds. The minimum Gasteiger partial charge on any atom is -0.482 e. The maximum atomic E-state index is 12.3. The van der Waals surface area contributed by atoms with Gasteiger partial charge in [0.05, 0.1) is 10.3 Å². The van der Waals surface area contributed by atoms with Crippen LogP contribution in [0.4, 0.5) is 0 Å². The van der Waals surface area contributed by atoms with Crippen LogP contribution in [0.1, 0.15) is 11.8 Å². The number of nitrogens with one attached hydrogen (secondary N) is 1. The van der Waals surface area contributed by atoms with Crippen molar-refractivity contribution < 1.29 is 14.3 Å². The highest BCUT2D eigenvalue weighted by molar-refractivity contribution is 9.11. The monoisotopic (exact) mass is 367 g/mol. The zero-order valence-corrected chi connectivity index (χ0v) is 13.7. The van der Waals surface area contributed by atoms with E-state index in [-0.39, 0.29) is 12.0 Å². The molecule has 2 aromatic rings. The van der Waals surface area contributed by atoms with Crippen LogP contribution in [0.3, 0.4) is 0 Å². The number of ether oxygens (including phenoxy) is 2. The summed E-state index contributed by atoms with van der Waals surface area (Å²) in [5, 5.41) is 2.89. The zero-order chi connectivity index (χ0) is 14.8. The maximum absolute atomic E-state index is 12.3. The second-order valence-corrected chi connectivity index (χ2v) is 7.28. The first kappa shape index (κ1) is 14.4. The minimum atomic E-state index is -0.636. The smallest absolute Gasteiger partial charge is 0.265 e. The summed E-state index contributed by atoms with van der Waals surface area (Å²) in [6.45, 7) is 2.32. The number of para-hydroxylation sites is 2. The van der Waals surface area contributed by atoms with Crippen LogP contribution in [-0.4, -0.2) is 18.1 Å². The highest BCUT2D eigenvalue weighted by Crippen LogP contribution is 2.33. The first-order valence-electron chi connectivity index (χ1n) is 6.58. The molecular formula is C15H14BrNO3S. The summed E-state index contributed by atoms with van der Waals surface area (Å²) in [4.78, 5) is 13.4. The van der Waals surface area contributed by atoms with Crippen LogP contribution < -0.4 is 14.8 Å². The third kappa shape index (κ3) is 3.22. The summed E-state index contributed by atoms with van der Waals surface area (Å²) in [6.07, 6.45) is -0.960. The van der Waals surface area contributed by atoms with Gasteiger partial charge in [-0.2, -0.15) is 0 Å². The first-order chi connectivity index (χ1) is 10.1. The summed E-state index contributed by atoms with van der Waals surface area (Å²) in [5.74, 6) is 1.12. The number of amides is 1. The molecule has 3 rings (SSSR count). The molecular weight excluding hydrogens is 354 g/mol. The van der Waals surface area contributed by atoms with Crippen LogP contribution in [-0.2, 0) is 11.3 Å². The molecule has 0 radical (unpaired) electrons. The van der Waals surface area contributed by atoms with Crippen LogP contribution >= 0.6 is 27.3 Å². The fraction of sp³-hybridized carbons (Fsp3) is 0.267. The van der Waals surface area contributed by atoms with Gasteiger partial charge < -0.3 is 14.8 Å². The molecule has 0 fully saturated rings. The number of fused-ring (bicyclic) bond motifs is 1. The molecule has 1 aromatic heterocycles. The zero-order valence-electron chi connectivity index (χ0n) is 11.3. The van der Waals surface area contributed by atoms with Crippen LogP contribution in [0.2, 0.25) is 0 Å². The Labute approximate surface area is 135 Å². The van der Waals surface area contributed by atoms with Gasteiger partial charge in [0.1, 0.15) is 6.10 Å². The molecule has 2 heterocycles. The molecule has 0 saturated heterocycles. The standard InChI is InChI=1S/C15H14BrNO3S/c1-9-14(20-12-5-3-2-4-11(12)19-9)15(18)17-8-10-6-7-13(16)21-10/h2-7,9,14H,8H2,1H3,(H,17,18)/t9-,14-/m0/s1. The van der Waals surface area contributed by atoms with E-state index in [9.17, 15) is 4.79 Å². The molecule has 1 aliphatic heterocycles. The molecule has 6 heteroatoms. The largest absolute Gasteiger partial charge is 0.482 e. The van der Waals surface area contributed by atoms with E-state index in [4.69, 9.17) is 9.47 Å². The van der Waals surface area contributed by atoms with E-state index in [0.717, 1.165) is 8.66 Å². The lowest BCUT2D eigenvalue weighted by Gasteiger charge is -2.30. The van der Waals surface area contributed by atoms with Crippen LogP contribution in [0.5, 0.6) is 11.5 Å². The number of halogens is 1. The number of carbonyl (C=O) groups is 1. The summed E-state index contributed by atoms with van der Waals surface area (Å²) in [6, 6.07) is 11.3. The predicted octanol–water partition coefficient (Wildman–Crippen LogP) is 3.36. The molecule has 0 bridgehead atoms. The van der Waals surface area contributed by atoms with E-state index in [2.05, 4.69) is 21.2 Å². The molecule has 110 valence electrons. The normalized spacial score (nSPS) is 20.1. The molecule has 0 aliphatic carbocycles. The fourth-order valence-electron chi connectivity index (χ4n) is 2.13. The minimum absolute atomic E-state index is 0.165. The molecule has 0 spiro atoms. The molecule has 2 atom stereocenters. The van der Waals surface area contributed by atoms with E-state index >= 15 is 0 Å². The van der Waals surface area contributed by atoms with Gasteiger partial charge in [-0.1, -0.05) is 12.1 Å². The van der Waals surface area contributed by atoms with Crippen LogP contribution in [0.25, 0.3) is 0 Å². The van der Waals surface area contributed by atoms with Gasteiger partial charge in [0.15, 0.2) is 11.5 Å². The molecule has 1 aromatic carbocycles. The van der Waals surface area contributed by atoms with Crippen molar-refractivity contribution in [2.24, 2.45) is 0 Å². The summed E-state index contributed by atoms with van der Waals surface area (Å²) < 4.78 is 12.5. The number of hydrogen-bond acceptors (Lipinski definition) is 4. The SMILES string of the molecule is C[C@@H]1Oc2ccccc2O[C@@H]1C(=O)NCc1ccc(Br)s1. The molecule has 0 unspecified atom stereocenters. The molecule has 4 nitrogen and oxygen atoms in total. The number of benzene rings is 1. The lowest BCUT2D eigenvalue weighted by atomic mass is 10.1. The Morgan fingerprint density at radius 2 is 1.95 bits per heavy atom. The molecule has 1 aliphatic rings. The van der Waals surface area contributed by atoms with E-state index in [1.807, 2.05) is 37.3 Å². The van der Waals surface area contributed by atoms with Gasteiger partial charge in [-0.15, -0.1) is 11.3 Å². The van der Waals surface area contributed by atoms with Crippen molar-refractivity contribution in [3.8, 4) is 11.5 Å². The molecule has 1 N–H and O–H groups in total. The maximum Gasteiger partial charge on any atom is 0.265 e. The fourth-order valence-corrected chi connectivity index (χ4v) is 3.55. The van der Waals surface area contributed by atoms with Crippen molar-refractivity contribution in [1.82, 2.24) is 5.32 Å². The van der Waals surface area contributed by atoms with Crippen molar-refractivity contribution >= 4 is 33.2 Å². The second-order valence-electron chi connectivity index (χ2n) is 4.73. The predicted molar refractivity (Wildman–Crippen MR) is 84.8 cm³/mol. The number of rotatable bonds is 3. The topological polar surface area (TPSA) is 47.6 Å². The summed E-state index contributed by atoms with van der Waals surface area (Å²) in [7, 11) is 0. The van der Waals surface area contributed by atoms with Crippen LogP contribution in [0, 0.1) is 0 Å². The highest BCUT2D eigenvalue weighted by atomic mass is 79.9. The van der Waals surface area contributed by atoms with Gasteiger partial charge >= 0.3 is 0 Å². The second kappa shape index (κ2) is 6.07. The van der Waals surface area contributed by atoms with Gasteiger partial charge in [0.2, 0.25) is 6.10 Å². The number of hydrogen-bond donors (Lipinski definition) is 1. The molecule has 0 saturated carbocycles. The first-order valence-corrected chi connectivity index (χ1v) is 8.19. The lowest BCUT2D eigenvalue weighted by molar-refractivity contribution is -0.133. The van der Waals surface area contributed by atoms with E-state index in [0.29, 0.717) is 18.0 Å². The number of carbonyl (C=O) groups excluding carboxylic acids is 1. The Morgan fingerprint density at radius 1 is 1.24 bits per heavy atom. The van der Waals surface area contributed by atoms with Crippen molar-refractivity contribution in [3.05, 3.63) is 45.1 Å². The Bertz CT molecular complexity index is 658. The Kier molecular flexibility index (Phi) is 4.17. The van der Waals surface area contributed by atoms with Gasteiger partial charge in [-0.25, -0.2) is 0 Å². The molecule has 21 heavy (non-hydrogen) atoms.